The third-order valence-electron chi connectivity index (χ3n) is 2.77. The Balaban J connectivity index is 2.02. The Labute approximate surface area is 109 Å². The van der Waals surface area contributed by atoms with E-state index >= 15 is 0 Å². The number of anilines is 1. The first kappa shape index (κ1) is 12.1. The van der Waals surface area contributed by atoms with E-state index in [1.54, 1.807) is 6.20 Å². The maximum Gasteiger partial charge on any atom is 0.140 e. The molecule has 0 bridgehead atoms. The molecule has 3 nitrogen and oxygen atoms in total. The summed E-state index contributed by atoms with van der Waals surface area (Å²) < 4.78 is 0.922. The van der Waals surface area contributed by atoms with Gasteiger partial charge in [0.1, 0.15) is 5.82 Å². The molecule has 1 saturated heterocycles. The highest BCUT2D eigenvalue weighted by molar-refractivity contribution is 9.10. The Morgan fingerprint density at radius 1 is 1.62 bits per heavy atom. The van der Waals surface area contributed by atoms with Crippen molar-refractivity contribution in [1.82, 2.24) is 10.3 Å². The van der Waals surface area contributed by atoms with Gasteiger partial charge in [-0.05, 0) is 48.3 Å². The van der Waals surface area contributed by atoms with Crippen molar-refractivity contribution >= 4 is 33.3 Å². The number of rotatable bonds is 2. The molecule has 16 heavy (non-hydrogen) atoms. The van der Waals surface area contributed by atoms with Gasteiger partial charge in [-0.25, -0.2) is 4.98 Å². The molecule has 2 unspecified atom stereocenters. The van der Waals surface area contributed by atoms with Gasteiger partial charge in [-0.1, -0.05) is 11.6 Å². The molecule has 1 fully saturated rings. The second-order valence-corrected chi connectivity index (χ2v) is 5.50. The van der Waals surface area contributed by atoms with Gasteiger partial charge < -0.3 is 10.6 Å². The first-order chi connectivity index (χ1) is 7.65. The van der Waals surface area contributed by atoms with Crippen LogP contribution in [0.5, 0.6) is 0 Å². The van der Waals surface area contributed by atoms with Gasteiger partial charge in [0.2, 0.25) is 0 Å². The van der Waals surface area contributed by atoms with Crippen LogP contribution < -0.4 is 10.6 Å². The van der Waals surface area contributed by atoms with Gasteiger partial charge >= 0.3 is 0 Å². The predicted octanol–water partition coefficient (Wildman–Crippen LogP) is 3.05. The molecule has 2 N–H and O–H groups in total. The second kappa shape index (κ2) is 5.34. The van der Waals surface area contributed by atoms with E-state index in [1.807, 2.05) is 6.07 Å². The highest BCUT2D eigenvalue weighted by atomic mass is 79.9. The van der Waals surface area contributed by atoms with Crippen molar-refractivity contribution in [3.63, 3.8) is 0 Å². The Morgan fingerprint density at radius 2 is 2.44 bits per heavy atom. The van der Waals surface area contributed by atoms with Crippen molar-refractivity contribution in [2.75, 3.05) is 11.9 Å². The molecule has 1 aromatic rings. The number of nitrogens with zero attached hydrogens (tertiary/aromatic N) is 1. The van der Waals surface area contributed by atoms with Crippen LogP contribution in [-0.2, 0) is 0 Å². The van der Waals surface area contributed by atoms with Crippen molar-refractivity contribution < 1.29 is 0 Å². The molecule has 1 aromatic heterocycles. The first-order valence-electron chi connectivity index (χ1n) is 5.46. The van der Waals surface area contributed by atoms with Crippen LogP contribution in [0.4, 0.5) is 5.82 Å². The largest absolute Gasteiger partial charge is 0.366 e. The lowest BCUT2D eigenvalue weighted by Crippen LogP contribution is -2.41. The number of pyridine rings is 1. The van der Waals surface area contributed by atoms with Crippen molar-refractivity contribution in [2.45, 2.75) is 31.8 Å². The van der Waals surface area contributed by atoms with Gasteiger partial charge in [-0.3, -0.25) is 0 Å². The molecular formula is C11H15BrClN3. The van der Waals surface area contributed by atoms with Gasteiger partial charge in [0.05, 0.1) is 9.50 Å². The molecule has 0 aromatic carbocycles. The van der Waals surface area contributed by atoms with Crippen LogP contribution in [0.15, 0.2) is 16.7 Å². The quantitative estimate of drug-likeness (QED) is 0.882. The normalized spacial score (nSPS) is 25.4. The number of hydrogen-bond donors (Lipinski definition) is 2. The monoisotopic (exact) mass is 303 g/mol. The molecule has 2 heterocycles. The molecule has 0 aliphatic carbocycles. The minimum atomic E-state index is 0.487. The van der Waals surface area contributed by atoms with E-state index in [-0.39, 0.29) is 0 Å². The van der Waals surface area contributed by atoms with Gasteiger partial charge in [-0.2, -0.15) is 0 Å². The summed E-state index contributed by atoms with van der Waals surface area (Å²) in [4.78, 5) is 4.29. The fourth-order valence-electron chi connectivity index (χ4n) is 1.98. The highest BCUT2D eigenvalue weighted by Crippen LogP contribution is 2.25. The Kier molecular flexibility index (Phi) is 4.05. The molecular weight excluding hydrogens is 289 g/mol. The van der Waals surface area contributed by atoms with E-state index in [0.29, 0.717) is 17.1 Å². The molecule has 0 spiro atoms. The van der Waals surface area contributed by atoms with Crippen LogP contribution in [0.25, 0.3) is 0 Å². The zero-order valence-corrected chi connectivity index (χ0v) is 11.5. The number of nitrogens with one attached hydrogen (secondary N) is 2. The molecule has 0 saturated carbocycles. The van der Waals surface area contributed by atoms with Crippen LogP contribution >= 0.6 is 27.5 Å². The average molecular weight is 305 g/mol. The number of hydrogen-bond acceptors (Lipinski definition) is 3. The SMILES string of the molecule is CC1CC(Nc2ncc(Cl)cc2Br)CCN1. The van der Waals surface area contributed by atoms with Crippen LogP contribution in [0.1, 0.15) is 19.8 Å². The number of aromatic nitrogens is 1. The van der Waals surface area contributed by atoms with Gasteiger partial charge in [0, 0.05) is 18.3 Å². The lowest BCUT2D eigenvalue weighted by atomic mass is 10.0. The summed E-state index contributed by atoms with van der Waals surface area (Å²) in [6.07, 6.45) is 3.91. The second-order valence-electron chi connectivity index (χ2n) is 4.20. The predicted molar refractivity (Wildman–Crippen MR) is 71.1 cm³/mol. The molecule has 0 amide bonds. The Morgan fingerprint density at radius 3 is 3.12 bits per heavy atom. The van der Waals surface area contributed by atoms with Gasteiger partial charge in [0.15, 0.2) is 0 Å². The smallest absolute Gasteiger partial charge is 0.140 e. The van der Waals surface area contributed by atoms with Crippen LogP contribution in [0.2, 0.25) is 5.02 Å². The van der Waals surface area contributed by atoms with Crippen LogP contribution in [0.3, 0.4) is 0 Å². The minimum absolute atomic E-state index is 0.487. The minimum Gasteiger partial charge on any atom is -0.366 e. The third-order valence-corrected chi connectivity index (χ3v) is 3.58. The maximum atomic E-state index is 5.85. The van der Waals surface area contributed by atoms with Crippen molar-refractivity contribution in [1.29, 1.82) is 0 Å². The summed E-state index contributed by atoms with van der Waals surface area (Å²) >= 11 is 9.32. The fraction of sp³-hybridized carbons (Fsp3) is 0.545. The lowest BCUT2D eigenvalue weighted by molar-refractivity contribution is 0.395. The van der Waals surface area contributed by atoms with E-state index < -0.39 is 0 Å². The zero-order chi connectivity index (χ0) is 11.5. The standard InChI is InChI=1S/C11H15BrClN3/c1-7-4-9(2-3-14-7)16-11-10(12)5-8(13)6-15-11/h5-7,9,14H,2-4H2,1H3,(H,15,16). The summed E-state index contributed by atoms with van der Waals surface area (Å²) in [5.74, 6) is 0.878. The zero-order valence-electron chi connectivity index (χ0n) is 9.13. The summed E-state index contributed by atoms with van der Waals surface area (Å²) in [5.41, 5.74) is 0. The molecule has 2 rings (SSSR count). The van der Waals surface area contributed by atoms with Crippen molar-refractivity contribution in [3.05, 3.63) is 21.8 Å². The average Bonchev–Trinajstić information content (AvgIpc) is 2.22. The molecule has 2 atom stereocenters. The Hall–Kier alpha value is -0.320. The molecule has 5 heteroatoms. The Bertz CT molecular complexity index is 372. The molecule has 0 radical (unpaired) electrons. The van der Waals surface area contributed by atoms with E-state index in [2.05, 4.69) is 38.5 Å². The van der Waals surface area contributed by atoms with Crippen LogP contribution in [0, 0.1) is 0 Å². The van der Waals surface area contributed by atoms with Gasteiger partial charge in [0.25, 0.3) is 0 Å². The first-order valence-corrected chi connectivity index (χ1v) is 6.63. The summed E-state index contributed by atoms with van der Waals surface area (Å²) in [6.45, 7) is 3.27. The van der Waals surface area contributed by atoms with E-state index in [4.69, 9.17) is 11.6 Å². The number of halogens is 2. The van der Waals surface area contributed by atoms with E-state index in [1.165, 1.54) is 0 Å². The highest BCUT2D eigenvalue weighted by Gasteiger charge is 2.18. The third kappa shape index (κ3) is 3.09. The summed E-state index contributed by atoms with van der Waals surface area (Å²) in [6, 6.07) is 2.92. The number of piperidine rings is 1. The molecule has 1 aliphatic heterocycles. The van der Waals surface area contributed by atoms with E-state index in [9.17, 15) is 0 Å². The molecule has 88 valence electrons. The molecule has 1 aliphatic rings. The van der Waals surface area contributed by atoms with Crippen molar-refractivity contribution in [3.8, 4) is 0 Å². The summed E-state index contributed by atoms with van der Waals surface area (Å²) in [5, 5.41) is 7.53. The van der Waals surface area contributed by atoms with Crippen LogP contribution in [-0.4, -0.2) is 23.6 Å². The topological polar surface area (TPSA) is 37.0 Å². The summed E-state index contributed by atoms with van der Waals surface area (Å²) in [7, 11) is 0. The fourth-order valence-corrected chi connectivity index (χ4v) is 2.73. The van der Waals surface area contributed by atoms with Gasteiger partial charge in [-0.15, -0.1) is 0 Å². The van der Waals surface area contributed by atoms with Crippen molar-refractivity contribution in [2.24, 2.45) is 0 Å². The lowest BCUT2D eigenvalue weighted by Gasteiger charge is -2.29. The van der Waals surface area contributed by atoms with E-state index in [0.717, 1.165) is 29.7 Å². The maximum absolute atomic E-state index is 5.85.